The maximum absolute atomic E-state index is 14.8. The van der Waals surface area contributed by atoms with Gasteiger partial charge < -0.3 is 19.5 Å². The molecule has 1 aliphatic carbocycles. The molecule has 1 aromatic heterocycles. The van der Waals surface area contributed by atoms with Crippen LogP contribution in [0.3, 0.4) is 0 Å². The highest BCUT2D eigenvalue weighted by Crippen LogP contribution is 2.45. The fourth-order valence-electron chi connectivity index (χ4n) is 5.00. The number of carbonyl (C=O) groups is 1. The summed E-state index contributed by atoms with van der Waals surface area (Å²) in [7, 11) is 1.54. The van der Waals surface area contributed by atoms with Gasteiger partial charge in [0.2, 0.25) is 0 Å². The zero-order valence-corrected chi connectivity index (χ0v) is 20.4. The molecule has 0 spiro atoms. The number of hydrogen-bond acceptors (Lipinski definition) is 6. The summed E-state index contributed by atoms with van der Waals surface area (Å²) < 4.78 is 27.8. The molecule has 2 fully saturated rings. The average molecular weight is 495 g/mol. The minimum atomic E-state index is -0.786. The fourth-order valence-corrected chi connectivity index (χ4v) is 5.00. The Bertz CT molecular complexity index is 1220. The average Bonchev–Trinajstić information content (AvgIpc) is 3.65. The summed E-state index contributed by atoms with van der Waals surface area (Å²) in [6, 6.07) is 12.2. The van der Waals surface area contributed by atoms with Crippen LogP contribution in [0.5, 0.6) is 11.5 Å². The summed E-state index contributed by atoms with van der Waals surface area (Å²) >= 11 is 0. The number of piperidine rings is 1. The number of methoxy groups -OCH3 is 1. The molecule has 1 saturated heterocycles. The molecular weight excluding hydrogens is 463 g/mol. The van der Waals surface area contributed by atoms with Crippen LogP contribution in [0.1, 0.15) is 55.7 Å². The number of carboxylic acids is 1. The molecule has 2 aromatic carbocycles. The number of ether oxygens (including phenoxy) is 2. The Morgan fingerprint density at radius 2 is 1.94 bits per heavy atom. The van der Waals surface area contributed by atoms with E-state index in [9.17, 15) is 14.3 Å². The lowest BCUT2D eigenvalue weighted by atomic mass is 9.91. The van der Waals surface area contributed by atoms with Crippen LogP contribution in [0, 0.1) is 11.7 Å². The summed E-state index contributed by atoms with van der Waals surface area (Å²) in [6.45, 7) is 1.83. The van der Waals surface area contributed by atoms with Crippen molar-refractivity contribution in [3.05, 3.63) is 59.5 Å². The number of hydrogen-bond donors (Lipinski definition) is 1. The van der Waals surface area contributed by atoms with E-state index in [2.05, 4.69) is 15.2 Å². The summed E-state index contributed by atoms with van der Waals surface area (Å²) in [5.74, 6) is 1.11. The van der Waals surface area contributed by atoms with Gasteiger partial charge in [-0.1, -0.05) is 17.3 Å². The predicted octanol–water partition coefficient (Wildman–Crippen LogP) is 4.95. The number of benzene rings is 2. The Balaban J connectivity index is 1.42. The molecule has 5 rings (SSSR count). The highest BCUT2D eigenvalue weighted by Gasteiger charge is 2.34. The highest BCUT2D eigenvalue weighted by molar-refractivity contribution is 5.68. The predicted molar refractivity (Wildman–Crippen MR) is 132 cm³/mol. The van der Waals surface area contributed by atoms with Crippen LogP contribution in [0.25, 0.3) is 5.69 Å². The second-order valence-corrected chi connectivity index (χ2v) is 9.54. The van der Waals surface area contributed by atoms with Gasteiger partial charge in [0, 0.05) is 19.2 Å². The van der Waals surface area contributed by atoms with E-state index < -0.39 is 11.8 Å². The molecule has 1 aliphatic heterocycles. The molecule has 1 saturated carbocycles. The number of anilines is 1. The van der Waals surface area contributed by atoms with Gasteiger partial charge in [-0.3, -0.25) is 4.79 Å². The van der Waals surface area contributed by atoms with E-state index in [0.29, 0.717) is 23.1 Å². The van der Waals surface area contributed by atoms with Gasteiger partial charge >= 0.3 is 5.97 Å². The van der Waals surface area contributed by atoms with Gasteiger partial charge in [0.1, 0.15) is 35.3 Å². The van der Waals surface area contributed by atoms with Gasteiger partial charge in [0.15, 0.2) is 5.82 Å². The Kier molecular flexibility index (Phi) is 7.06. The van der Waals surface area contributed by atoms with Crippen molar-refractivity contribution in [1.29, 1.82) is 0 Å². The highest BCUT2D eigenvalue weighted by atomic mass is 19.1. The zero-order chi connectivity index (χ0) is 25.1. The largest absolute Gasteiger partial charge is 0.497 e. The minimum absolute atomic E-state index is 0.00753. The maximum Gasteiger partial charge on any atom is 0.303 e. The molecule has 36 heavy (non-hydrogen) atoms. The van der Waals surface area contributed by atoms with Crippen molar-refractivity contribution in [2.75, 3.05) is 25.1 Å². The third kappa shape index (κ3) is 5.29. The first-order chi connectivity index (χ1) is 17.5. The van der Waals surface area contributed by atoms with Crippen molar-refractivity contribution in [3.8, 4) is 17.2 Å². The smallest absolute Gasteiger partial charge is 0.303 e. The van der Waals surface area contributed by atoms with Crippen molar-refractivity contribution in [1.82, 2.24) is 15.0 Å². The molecule has 3 aromatic rings. The van der Waals surface area contributed by atoms with E-state index >= 15 is 0 Å². The molecule has 0 radical (unpaired) electrons. The van der Waals surface area contributed by atoms with E-state index in [-0.39, 0.29) is 24.6 Å². The van der Waals surface area contributed by atoms with Crippen LogP contribution >= 0.6 is 0 Å². The Hall–Kier alpha value is -3.62. The third-order valence-electron chi connectivity index (χ3n) is 7.00. The number of nitrogens with zero attached hydrogens (tertiary/aromatic N) is 4. The Labute approximate surface area is 209 Å². The summed E-state index contributed by atoms with van der Waals surface area (Å²) in [5, 5.41) is 18.0. The van der Waals surface area contributed by atoms with Crippen LogP contribution in [-0.4, -0.2) is 46.3 Å². The van der Waals surface area contributed by atoms with Crippen LogP contribution in [0.2, 0.25) is 0 Å². The third-order valence-corrected chi connectivity index (χ3v) is 7.00. The van der Waals surface area contributed by atoms with Gasteiger partial charge in [-0.25, -0.2) is 4.39 Å². The number of halogens is 1. The quantitative estimate of drug-likeness (QED) is 0.426. The number of aliphatic carboxylic acids is 1. The van der Waals surface area contributed by atoms with Crippen molar-refractivity contribution in [3.63, 3.8) is 0 Å². The first-order valence-corrected chi connectivity index (χ1v) is 12.5. The van der Waals surface area contributed by atoms with Crippen LogP contribution in [-0.2, 0) is 11.4 Å². The van der Waals surface area contributed by atoms with E-state index in [1.165, 1.54) is 10.7 Å². The van der Waals surface area contributed by atoms with Crippen LogP contribution in [0.4, 0.5) is 10.2 Å². The Morgan fingerprint density at radius 1 is 1.14 bits per heavy atom. The molecule has 1 atom stereocenters. The van der Waals surface area contributed by atoms with Gasteiger partial charge in [-0.05, 0) is 73.8 Å². The first-order valence-electron chi connectivity index (χ1n) is 12.5. The minimum Gasteiger partial charge on any atom is -0.497 e. The molecule has 0 unspecified atom stereocenters. The lowest BCUT2D eigenvalue weighted by Gasteiger charge is -2.29. The lowest BCUT2D eigenvalue weighted by molar-refractivity contribution is -0.137. The van der Waals surface area contributed by atoms with E-state index in [1.54, 1.807) is 19.2 Å². The molecule has 190 valence electrons. The fraction of sp³-hybridized carbons (Fsp3) is 0.444. The lowest BCUT2D eigenvalue weighted by Crippen LogP contribution is -2.32. The van der Waals surface area contributed by atoms with Crippen LogP contribution < -0.4 is 14.4 Å². The topological polar surface area (TPSA) is 89.7 Å². The van der Waals surface area contributed by atoms with Crippen molar-refractivity contribution in [2.45, 2.75) is 51.0 Å². The van der Waals surface area contributed by atoms with Crippen molar-refractivity contribution >= 4 is 11.8 Å². The molecule has 0 bridgehead atoms. The van der Waals surface area contributed by atoms with Crippen molar-refractivity contribution < 1.29 is 23.8 Å². The number of aromatic nitrogens is 3. The van der Waals surface area contributed by atoms with E-state index in [0.717, 1.165) is 56.6 Å². The normalized spacial score (nSPS) is 16.6. The summed E-state index contributed by atoms with van der Waals surface area (Å²) in [5.41, 5.74) is 1.88. The molecule has 8 nitrogen and oxygen atoms in total. The number of rotatable bonds is 10. The molecular formula is C27H31FN4O4. The maximum atomic E-state index is 14.8. The SMILES string of the molecule is COc1ccc(F)c(-n2nnc(COc3cccc([C@@H](CC(=O)O)C4CC4)c3)c2N2CCCCC2)c1. The van der Waals surface area contributed by atoms with Gasteiger partial charge in [-0.2, -0.15) is 4.68 Å². The monoisotopic (exact) mass is 494 g/mol. The van der Waals surface area contributed by atoms with Crippen molar-refractivity contribution in [2.24, 2.45) is 5.92 Å². The second-order valence-electron chi connectivity index (χ2n) is 9.54. The van der Waals surface area contributed by atoms with Gasteiger partial charge in [-0.15, -0.1) is 5.10 Å². The molecule has 2 heterocycles. The van der Waals surface area contributed by atoms with Gasteiger partial charge in [0.25, 0.3) is 0 Å². The van der Waals surface area contributed by atoms with Crippen LogP contribution in [0.15, 0.2) is 42.5 Å². The number of carboxylic acid groups (broad SMARTS) is 1. The standard InChI is InChI=1S/C27H31FN4O4/c1-35-20-10-11-23(28)25(15-20)32-27(31-12-3-2-4-13-31)24(29-30-32)17-36-21-7-5-6-19(14-21)22(16-26(33)34)18-8-9-18/h5-7,10-11,14-15,18,22H,2-4,8-9,12-13,16-17H2,1H3,(H,33,34)/t22-/m0/s1. The zero-order valence-electron chi connectivity index (χ0n) is 20.4. The Morgan fingerprint density at radius 3 is 2.67 bits per heavy atom. The molecule has 0 amide bonds. The summed E-state index contributed by atoms with van der Waals surface area (Å²) in [6.07, 6.45) is 5.48. The van der Waals surface area contributed by atoms with E-state index in [4.69, 9.17) is 9.47 Å². The molecule has 9 heteroatoms. The van der Waals surface area contributed by atoms with E-state index in [1.807, 2.05) is 24.3 Å². The summed E-state index contributed by atoms with van der Waals surface area (Å²) in [4.78, 5) is 13.6. The van der Waals surface area contributed by atoms with Gasteiger partial charge in [0.05, 0.1) is 13.5 Å². The molecule has 2 aliphatic rings. The molecule has 1 N–H and O–H groups in total. The second kappa shape index (κ2) is 10.6. The first kappa shape index (κ1) is 24.1.